The molecule has 0 aromatic carbocycles. The minimum absolute atomic E-state index is 0.0423. The van der Waals surface area contributed by atoms with Gasteiger partial charge in [-0.1, -0.05) is 20.8 Å². The predicted molar refractivity (Wildman–Crippen MR) is 81.5 cm³/mol. The molecular formula is C13H17N5O2S. The van der Waals surface area contributed by atoms with Crippen molar-refractivity contribution in [3.63, 3.8) is 0 Å². The standard InChI is InChI=1S/C13H17N5O2S/c1-7-11(18(19)20)8(16-12(14)15-7)5-10-17-9(6-21-10)13(2,3)4/h6H,5H2,1-4H3,(H2,14,15,16). The fourth-order valence-corrected chi connectivity index (χ4v) is 2.92. The van der Waals surface area contributed by atoms with Crippen molar-refractivity contribution in [1.29, 1.82) is 0 Å². The predicted octanol–water partition coefficient (Wildman–Crippen LogP) is 2.62. The molecule has 0 fully saturated rings. The highest BCUT2D eigenvalue weighted by Crippen LogP contribution is 2.28. The highest BCUT2D eigenvalue weighted by Gasteiger charge is 2.23. The molecule has 0 amide bonds. The molecule has 2 N–H and O–H groups in total. The van der Waals surface area contributed by atoms with Gasteiger partial charge >= 0.3 is 5.69 Å². The van der Waals surface area contributed by atoms with Crippen molar-refractivity contribution in [3.8, 4) is 0 Å². The van der Waals surface area contributed by atoms with E-state index in [1.165, 1.54) is 11.3 Å². The third kappa shape index (κ3) is 3.33. The Morgan fingerprint density at radius 2 is 2.00 bits per heavy atom. The molecule has 0 saturated carbocycles. The van der Waals surface area contributed by atoms with Gasteiger partial charge in [0.25, 0.3) is 0 Å². The van der Waals surface area contributed by atoms with Gasteiger partial charge in [-0.05, 0) is 6.92 Å². The van der Waals surface area contributed by atoms with Crippen molar-refractivity contribution >= 4 is 23.0 Å². The Morgan fingerprint density at radius 3 is 2.52 bits per heavy atom. The molecule has 112 valence electrons. The number of nitrogens with two attached hydrogens (primary N) is 1. The first-order valence-electron chi connectivity index (χ1n) is 6.40. The topological polar surface area (TPSA) is 108 Å². The maximum atomic E-state index is 11.2. The second kappa shape index (κ2) is 5.36. The zero-order valence-corrected chi connectivity index (χ0v) is 13.2. The van der Waals surface area contributed by atoms with Crippen molar-refractivity contribution in [3.05, 3.63) is 37.6 Å². The summed E-state index contributed by atoms with van der Waals surface area (Å²) in [7, 11) is 0. The minimum atomic E-state index is -0.470. The molecule has 0 aliphatic rings. The van der Waals surface area contributed by atoms with Crippen LogP contribution in [-0.2, 0) is 11.8 Å². The summed E-state index contributed by atoms with van der Waals surface area (Å²) in [6.07, 6.45) is 0.282. The maximum Gasteiger partial charge on any atom is 0.312 e. The van der Waals surface area contributed by atoms with Crippen LogP contribution in [0.5, 0.6) is 0 Å². The molecule has 0 unspecified atom stereocenters. The lowest BCUT2D eigenvalue weighted by Crippen LogP contribution is -2.12. The summed E-state index contributed by atoms with van der Waals surface area (Å²) in [5, 5.41) is 13.9. The van der Waals surface area contributed by atoms with Crippen LogP contribution in [0.1, 0.15) is 42.9 Å². The Labute approximate surface area is 126 Å². The maximum absolute atomic E-state index is 11.2. The molecule has 2 rings (SSSR count). The lowest BCUT2D eigenvalue weighted by atomic mass is 9.93. The summed E-state index contributed by atoms with van der Waals surface area (Å²) in [4.78, 5) is 23.1. The lowest BCUT2D eigenvalue weighted by molar-refractivity contribution is -0.386. The summed E-state index contributed by atoms with van der Waals surface area (Å²) >= 11 is 1.47. The van der Waals surface area contributed by atoms with Gasteiger partial charge in [0.15, 0.2) is 0 Å². The molecule has 8 heteroatoms. The Bertz CT molecular complexity index is 690. The number of hydrogen-bond donors (Lipinski definition) is 1. The fraction of sp³-hybridized carbons (Fsp3) is 0.462. The Balaban J connectivity index is 2.40. The van der Waals surface area contributed by atoms with Crippen molar-refractivity contribution in [2.24, 2.45) is 0 Å². The highest BCUT2D eigenvalue weighted by atomic mass is 32.1. The normalized spacial score (nSPS) is 11.6. The number of aryl methyl sites for hydroxylation is 1. The third-order valence-electron chi connectivity index (χ3n) is 2.97. The van der Waals surface area contributed by atoms with E-state index in [0.29, 0.717) is 5.69 Å². The van der Waals surface area contributed by atoms with Crippen LogP contribution < -0.4 is 5.73 Å². The molecule has 0 bridgehead atoms. The van der Waals surface area contributed by atoms with Gasteiger partial charge < -0.3 is 5.73 Å². The van der Waals surface area contributed by atoms with Crippen LogP contribution in [0, 0.1) is 17.0 Å². The summed E-state index contributed by atoms with van der Waals surface area (Å²) in [5.41, 5.74) is 6.99. The first-order chi connectivity index (χ1) is 9.68. The molecule has 0 aliphatic carbocycles. The molecule has 2 aromatic heterocycles. The van der Waals surface area contributed by atoms with E-state index in [0.717, 1.165) is 10.7 Å². The summed E-state index contributed by atoms with van der Waals surface area (Å²) in [6.45, 7) is 7.77. The Kier molecular flexibility index (Phi) is 3.91. The van der Waals surface area contributed by atoms with Crippen LogP contribution in [0.15, 0.2) is 5.38 Å². The smallest absolute Gasteiger partial charge is 0.312 e. The van der Waals surface area contributed by atoms with Crippen LogP contribution >= 0.6 is 11.3 Å². The van der Waals surface area contributed by atoms with Crippen LogP contribution in [-0.4, -0.2) is 19.9 Å². The zero-order valence-electron chi connectivity index (χ0n) is 12.4. The number of nitro groups is 1. The van der Waals surface area contributed by atoms with E-state index in [2.05, 4.69) is 35.7 Å². The van der Waals surface area contributed by atoms with Crippen LogP contribution in [0.25, 0.3) is 0 Å². The molecule has 0 atom stereocenters. The van der Waals surface area contributed by atoms with E-state index >= 15 is 0 Å². The van der Waals surface area contributed by atoms with E-state index in [9.17, 15) is 10.1 Å². The van der Waals surface area contributed by atoms with Gasteiger partial charge in [0.2, 0.25) is 5.95 Å². The number of aromatic nitrogens is 3. The van der Waals surface area contributed by atoms with Gasteiger partial charge in [0, 0.05) is 17.2 Å². The molecule has 0 spiro atoms. The summed E-state index contributed by atoms with van der Waals surface area (Å²) in [5.74, 6) is 0.0423. The van der Waals surface area contributed by atoms with Crippen LogP contribution in [0.2, 0.25) is 0 Å². The molecule has 0 saturated heterocycles. The average Bonchev–Trinajstić information content (AvgIpc) is 2.75. The lowest BCUT2D eigenvalue weighted by Gasteiger charge is -2.14. The van der Waals surface area contributed by atoms with E-state index in [-0.39, 0.29) is 29.2 Å². The van der Waals surface area contributed by atoms with E-state index < -0.39 is 4.92 Å². The Hall–Kier alpha value is -2.09. The zero-order chi connectivity index (χ0) is 15.8. The molecule has 21 heavy (non-hydrogen) atoms. The number of hydrogen-bond acceptors (Lipinski definition) is 7. The monoisotopic (exact) mass is 307 g/mol. The van der Waals surface area contributed by atoms with Gasteiger partial charge in [-0.25, -0.2) is 15.0 Å². The molecule has 0 aliphatic heterocycles. The van der Waals surface area contributed by atoms with Gasteiger partial charge in [-0.3, -0.25) is 10.1 Å². The Morgan fingerprint density at radius 1 is 1.33 bits per heavy atom. The fourth-order valence-electron chi connectivity index (χ4n) is 1.89. The molecule has 7 nitrogen and oxygen atoms in total. The number of thiazole rings is 1. The van der Waals surface area contributed by atoms with Gasteiger partial charge in [-0.15, -0.1) is 11.3 Å². The van der Waals surface area contributed by atoms with Crippen molar-refractivity contribution in [2.75, 3.05) is 5.73 Å². The molecule has 2 aromatic rings. The first-order valence-corrected chi connectivity index (χ1v) is 7.28. The molecule has 2 heterocycles. The second-order valence-corrected chi connectivity index (χ2v) is 6.72. The van der Waals surface area contributed by atoms with E-state index in [4.69, 9.17) is 5.73 Å². The van der Waals surface area contributed by atoms with Crippen molar-refractivity contribution in [2.45, 2.75) is 39.5 Å². The third-order valence-corrected chi connectivity index (χ3v) is 3.82. The first kappa shape index (κ1) is 15.3. The molecular weight excluding hydrogens is 290 g/mol. The van der Waals surface area contributed by atoms with Gasteiger partial charge in [-0.2, -0.15) is 0 Å². The van der Waals surface area contributed by atoms with E-state index in [1.807, 2.05) is 5.38 Å². The average molecular weight is 307 g/mol. The summed E-state index contributed by atoms with van der Waals surface area (Å²) < 4.78 is 0. The second-order valence-electron chi connectivity index (χ2n) is 5.77. The number of nitrogen functional groups attached to an aromatic ring is 1. The quantitative estimate of drug-likeness (QED) is 0.689. The summed E-state index contributed by atoms with van der Waals surface area (Å²) in [6, 6.07) is 0. The van der Waals surface area contributed by atoms with E-state index in [1.54, 1.807) is 6.92 Å². The number of rotatable bonds is 3. The number of nitrogens with zero attached hydrogens (tertiary/aromatic N) is 4. The van der Waals surface area contributed by atoms with Crippen molar-refractivity contribution in [1.82, 2.24) is 15.0 Å². The van der Waals surface area contributed by atoms with Crippen molar-refractivity contribution < 1.29 is 4.92 Å². The number of anilines is 1. The SMILES string of the molecule is Cc1nc(N)nc(Cc2nc(C(C)(C)C)cs2)c1[N+](=O)[O-]. The minimum Gasteiger partial charge on any atom is -0.368 e. The molecule has 0 radical (unpaired) electrons. The van der Waals surface area contributed by atoms with Gasteiger partial charge in [0.1, 0.15) is 11.4 Å². The highest BCUT2D eigenvalue weighted by molar-refractivity contribution is 7.09. The van der Waals surface area contributed by atoms with Crippen LogP contribution in [0.4, 0.5) is 11.6 Å². The van der Waals surface area contributed by atoms with Crippen LogP contribution in [0.3, 0.4) is 0 Å². The van der Waals surface area contributed by atoms with Gasteiger partial charge in [0.05, 0.1) is 15.6 Å². The largest absolute Gasteiger partial charge is 0.368 e.